The second-order valence-electron chi connectivity index (χ2n) is 6.78. The summed E-state index contributed by atoms with van der Waals surface area (Å²) in [4.78, 5) is 37.2. The first-order valence-electron chi connectivity index (χ1n) is 8.94. The molecule has 28 heavy (non-hydrogen) atoms. The van der Waals surface area contributed by atoms with E-state index in [9.17, 15) is 9.59 Å². The number of hydrogen-bond acceptors (Lipinski definition) is 5. The van der Waals surface area contributed by atoms with Crippen LogP contribution < -0.4 is 5.56 Å². The van der Waals surface area contributed by atoms with E-state index in [0.717, 1.165) is 11.4 Å². The number of aromatic nitrogens is 4. The zero-order chi connectivity index (χ0) is 20.0. The SMILES string of the molecule is COC(=O)c1c(C)nc(C)c2c(=O)[nH]c3nc(C)n(Cc4ccccc4)c3c12. The highest BCUT2D eigenvalue weighted by Crippen LogP contribution is 2.29. The number of esters is 1. The van der Waals surface area contributed by atoms with Gasteiger partial charge in [0.15, 0.2) is 5.65 Å². The van der Waals surface area contributed by atoms with E-state index in [4.69, 9.17) is 4.74 Å². The first kappa shape index (κ1) is 17.9. The van der Waals surface area contributed by atoms with E-state index in [-0.39, 0.29) is 5.56 Å². The first-order valence-corrected chi connectivity index (χ1v) is 8.94. The molecule has 3 heterocycles. The number of imidazole rings is 1. The lowest BCUT2D eigenvalue weighted by molar-refractivity contribution is 0.0601. The van der Waals surface area contributed by atoms with Crippen LogP contribution in [0.15, 0.2) is 35.1 Å². The molecule has 0 aliphatic rings. The van der Waals surface area contributed by atoms with Crippen molar-refractivity contribution in [3.63, 3.8) is 0 Å². The van der Waals surface area contributed by atoms with E-state index in [1.165, 1.54) is 7.11 Å². The predicted molar refractivity (Wildman–Crippen MR) is 107 cm³/mol. The molecular formula is C21H20N4O3. The molecule has 0 radical (unpaired) electrons. The smallest absolute Gasteiger partial charge is 0.340 e. The molecule has 0 bridgehead atoms. The Bertz CT molecular complexity index is 1290. The van der Waals surface area contributed by atoms with Crippen LogP contribution in [0.3, 0.4) is 0 Å². The van der Waals surface area contributed by atoms with Crippen molar-refractivity contribution >= 4 is 27.9 Å². The van der Waals surface area contributed by atoms with Crippen LogP contribution in [0, 0.1) is 20.8 Å². The number of pyridine rings is 2. The molecule has 142 valence electrons. The largest absolute Gasteiger partial charge is 0.465 e. The Morgan fingerprint density at radius 2 is 1.79 bits per heavy atom. The van der Waals surface area contributed by atoms with E-state index < -0.39 is 5.97 Å². The number of nitrogens with zero attached hydrogens (tertiary/aromatic N) is 3. The van der Waals surface area contributed by atoms with E-state index in [0.29, 0.717) is 45.4 Å². The summed E-state index contributed by atoms with van der Waals surface area (Å²) in [6.07, 6.45) is 0. The van der Waals surface area contributed by atoms with Gasteiger partial charge < -0.3 is 14.3 Å². The van der Waals surface area contributed by atoms with Crippen LogP contribution in [-0.4, -0.2) is 32.6 Å². The highest BCUT2D eigenvalue weighted by molar-refractivity contribution is 6.15. The fourth-order valence-corrected chi connectivity index (χ4v) is 3.75. The minimum absolute atomic E-state index is 0.299. The van der Waals surface area contributed by atoms with Gasteiger partial charge in [0.1, 0.15) is 5.82 Å². The molecule has 3 aromatic heterocycles. The van der Waals surface area contributed by atoms with Gasteiger partial charge in [0.25, 0.3) is 5.56 Å². The number of fused-ring (bicyclic) bond motifs is 3. The molecule has 0 spiro atoms. The normalized spacial score (nSPS) is 11.3. The lowest BCUT2D eigenvalue weighted by Crippen LogP contribution is -2.16. The van der Waals surface area contributed by atoms with Crippen molar-refractivity contribution in [3.8, 4) is 0 Å². The molecule has 7 nitrogen and oxygen atoms in total. The van der Waals surface area contributed by atoms with Gasteiger partial charge in [-0.2, -0.15) is 0 Å². The van der Waals surface area contributed by atoms with E-state index in [1.807, 2.05) is 41.8 Å². The summed E-state index contributed by atoms with van der Waals surface area (Å²) in [5, 5.41) is 0.917. The lowest BCUT2D eigenvalue weighted by atomic mass is 10.0. The molecule has 4 rings (SSSR count). The Balaban J connectivity index is 2.18. The molecule has 0 amide bonds. The zero-order valence-electron chi connectivity index (χ0n) is 16.2. The monoisotopic (exact) mass is 376 g/mol. The quantitative estimate of drug-likeness (QED) is 0.555. The summed E-state index contributed by atoms with van der Waals surface area (Å²) in [7, 11) is 1.32. The summed E-state index contributed by atoms with van der Waals surface area (Å²) < 4.78 is 7.01. The van der Waals surface area contributed by atoms with Crippen LogP contribution in [0.1, 0.15) is 33.1 Å². The third-order valence-electron chi connectivity index (χ3n) is 4.99. The Kier molecular flexibility index (Phi) is 4.22. The molecule has 1 N–H and O–H groups in total. The standard InChI is InChI=1S/C21H20N4O3/c1-11-15-17(16(12(2)22-11)21(27)28-4)18-19(24-20(15)26)23-13(3)25(18)10-14-8-6-5-7-9-14/h5-9H,10H2,1-4H3,(H,24,26). The maximum atomic E-state index is 12.8. The Labute approximate surface area is 161 Å². The summed E-state index contributed by atoms with van der Waals surface area (Å²) >= 11 is 0. The highest BCUT2D eigenvalue weighted by atomic mass is 16.5. The molecule has 7 heteroatoms. The van der Waals surface area contributed by atoms with Crippen molar-refractivity contribution in [1.82, 2.24) is 19.5 Å². The number of benzene rings is 1. The van der Waals surface area contributed by atoms with Crippen LogP contribution in [0.2, 0.25) is 0 Å². The maximum absolute atomic E-state index is 12.8. The van der Waals surface area contributed by atoms with E-state index in [2.05, 4.69) is 15.0 Å². The molecule has 0 aliphatic heterocycles. The number of hydrogen-bond donors (Lipinski definition) is 1. The number of methoxy groups -OCH3 is 1. The van der Waals surface area contributed by atoms with Crippen molar-refractivity contribution in [2.75, 3.05) is 7.11 Å². The maximum Gasteiger partial charge on any atom is 0.340 e. The summed E-state index contributed by atoms with van der Waals surface area (Å²) in [6, 6.07) is 9.96. The molecule has 0 saturated carbocycles. The van der Waals surface area contributed by atoms with Gasteiger partial charge in [-0.15, -0.1) is 0 Å². The van der Waals surface area contributed by atoms with E-state index in [1.54, 1.807) is 13.8 Å². The molecular weight excluding hydrogens is 356 g/mol. The number of nitrogens with one attached hydrogen (secondary N) is 1. The number of aryl methyl sites for hydroxylation is 3. The first-order chi connectivity index (χ1) is 13.4. The van der Waals surface area contributed by atoms with Gasteiger partial charge in [0, 0.05) is 11.9 Å². The van der Waals surface area contributed by atoms with Gasteiger partial charge in [-0.05, 0) is 26.3 Å². The third-order valence-corrected chi connectivity index (χ3v) is 4.99. The van der Waals surface area contributed by atoms with Gasteiger partial charge in [-0.3, -0.25) is 9.78 Å². The Morgan fingerprint density at radius 3 is 2.46 bits per heavy atom. The lowest BCUT2D eigenvalue weighted by Gasteiger charge is -2.13. The minimum atomic E-state index is -0.521. The highest BCUT2D eigenvalue weighted by Gasteiger charge is 2.24. The fourth-order valence-electron chi connectivity index (χ4n) is 3.75. The molecule has 0 aliphatic carbocycles. The molecule has 4 aromatic rings. The van der Waals surface area contributed by atoms with Gasteiger partial charge in [0.2, 0.25) is 0 Å². The number of H-pyrrole nitrogens is 1. The summed E-state index contributed by atoms with van der Waals surface area (Å²) in [6.45, 7) is 5.95. The Morgan fingerprint density at radius 1 is 1.07 bits per heavy atom. The average molecular weight is 376 g/mol. The summed E-state index contributed by atoms with van der Waals surface area (Å²) in [5.74, 6) is 0.219. The van der Waals surface area contributed by atoms with Crippen LogP contribution in [0.25, 0.3) is 21.9 Å². The van der Waals surface area contributed by atoms with Gasteiger partial charge in [0.05, 0.1) is 35.0 Å². The molecule has 0 unspecified atom stereocenters. The molecule has 0 fully saturated rings. The average Bonchev–Trinajstić information content (AvgIpc) is 2.96. The van der Waals surface area contributed by atoms with Crippen molar-refractivity contribution in [2.45, 2.75) is 27.3 Å². The van der Waals surface area contributed by atoms with E-state index >= 15 is 0 Å². The van der Waals surface area contributed by atoms with Crippen LogP contribution in [0.5, 0.6) is 0 Å². The van der Waals surface area contributed by atoms with Crippen molar-refractivity contribution in [1.29, 1.82) is 0 Å². The van der Waals surface area contributed by atoms with Crippen LogP contribution >= 0.6 is 0 Å². The number of carbonyl (C=O) groups is 1. The number of rotatable bonds is 3. The molecule has 0 saturated heterocycles. The second-order valence-corrected chi connectivity index (χ2v) is 6.78. The number of carbonyl (C=O) groups excluding carboxylic acids is 1. The summed E-state index contributed by atoms with van der Waals surface area (Å²) in [5.41, 5.74) is 3.30. The van der Waals surface area contributed by atoms with Gasteiger partial charge in [-0.1, -0.05) is 30.3 Å². The van der Waals surface area contributed by atoms with Gasteiger partial charge >= 0.3 is 5.97 Å². The Hall–Kier alpha value is -3.48. The fraction of sp³-hybridized carbons (Fsp3) is 0.238. The molecule has 1 aromatic carbocycles. The predicted octanol–water partition coefficient (Wildman–Crippen LogP) is 3.03. The van der Waals surface area contributed by atoms with Crippen molar-refractivity contribution in [2.24, 2.45) is 0 Å². The van der Waals surface area contributed by atoms with Crippen molar-refractivity contribution in [3.05, 3.63) is 69.0 Å². The van der Waals surface area contributed by atoms with Gasteiger partial charge in [-0.25, -0.2) is 9.78 Å². The second kappa shape index (κ2) is 6.60. The van der Waals surface area contributed by atoms with Crippen molar-refractivity contribution < 1.29 is 9.53 Å². The van der Waals surface area contributed by atoms with Crippen LogP contribution in [-0.2, 0) is 11.3 Å². The number of ether oxygens (including phenoxy) is 1. The zero-order valence-corrected chi connectivity index (χ0v) is 16.2. The third kappa shape index (κ3) is 2.67. The number of aromatic amines is 1. The van der Waals surface area contributed by atoms with Crippen LogP contribution in [0.4, 0.5) is 0 Å². The minimum Gasteiger partial charge on any atom is -0.465 e. The topological polar surface area (TPSA) is 89.9 Å². The molecule has 0 atom stereocenters.